The Balaban J connectivity index is 0.000000162. The summed E-state index contributed by atoms with van der Waals surface area (Å²) in [6.07, 6.45) is 7.02. The second-order valence-corrected chi connectivity index (χ2v) is 17.1. The summed E-state index contributed by atoms with van der Waals surface area (Å²) in [5.74, 6) is -1.33. The number of nitrogens with zero attached hydrogens (tertiary/aromatic N) is 4. The van der Waals surface area contributed by atoms with Crippen LogP contribution >= 0.6 is 0 Å². The fraction of sp³-hybridized carbons (Fsp3) is 0.250. The zero-order valence-electron chi connectivity index (χ0n) is 32.8. The van der Waals surface area contributed by atoms with Gasteiger partial charge in [0.25, 0.3) is 0 Å². The average molecular weight is 822 g/mol. The van der Waals surface area contributed by atoms with E-state index < -0.39 is 26.5 Å². The molecule has 4 aromatic carbocycles. The Morgan fingerprint density at radius 3 is 2.21 bits per heavy atom. The molecule has 3 heterocycles. The van der Waals surface area contributed by atoms with E-state index in [2.05, 4.69) is 66.3 Å². The van der Waals surface area contributed by atoms with Crippen molar-refractivity contribution in [3.05, 3.63) is 144 Å². The van der Waals surface area contributed by atoms with Crippen molar-refractivity contribution >= 4 is 48.9 Å². The zero-order chi connectivity index (χ0) is 41.6. The molecule has 0 bridgehead atoms. The van der Waals surface area contributed by atoms with Crippen molar-refractivity contribution in [1.82, 2.24) is 24.6 Å². The smallest absolute Gasteiger partial charge is 0.336 e. The van der Waals surface area contributed by atoms with Gasteiger partial charge in [-0.3, -0.25) is 14.4 Å². The molecule has 2 N–H and O–H groups in total. The first-order valence-electron chi connectivity index (χ1n) is 18.9. The van der Waals surface area contributed by atoms with Crippen LogP contribution in [0.2, 0.25) is 0 Å². The van der Waals surface area contributed by atoms with Gasteiger partial charge in [0.15, 0.2) is 20.5 Å². The number of carboxylic acids is 1. The number of likely N-dealkylation sites (N-methyl/N-ethyl adjacent to an activating group) is 1. The number of aromatic amines is 1. The highest BCUT2D eigenvalue weighted by atomic mass is 32.2. The normalized spacial score (nSPS) is 16.0. The molecular weight excluding hydrogens is 775 g/mol. The number of aromatic nitrogens is 3. The van der Waals surface area contributed by atoms with Crippen LogP contribution in [-0.4, -0.2) is 91.1 Å². The molecule has 8 rings (SSSR count). The molecule has 1 amide bonds. The fourth-order valence-corrected chi connectivity index (χ4v) is 9.37. The standard InChI is InChI=1S/C20H25N3O.C18H16N2O4S.C6H6O2S/c1-4-23(5-2)20(24)14-9-16-15-7-6-8-17-19(15)13(11-21-17)10-18(16)22(3)12-14;1-20-17(9-10-19-20)13-7-8-14(16(11-13)18(21)22)12-25(23,24)15-5-3-2-4-6-15;7-9(8)6-4-2-1-3-5-6/h6-9,11,14,18,21H,4-5,10,12H2,1-3H3;2-11H,12H2,1H3,(H,21,22);1-5,9H/t14-,18-;;/m1../s1. The lowest BCUT2D eigenvalue weighted by atomic mass is 9.79. The molecule has 0 saturated carbocycles. The summed E-state index contributed by atoms with van der Waals surface area (Å²) in [7, 11) is -2.12. The summed E-state index contributed by atoms with van der Waals surface area (Å²) in [6, 6.07) is 29.6. The van der Waals surface area contributed by atoms with E-state index in [0.717, 1.165) is 31.7 Å². The maximum Gasteiger partial charge on any atom is 0.336 e. The number of carbonyl (C=O) groups is 2. The van der Waals surface area contributed by atoms with Gasteiger partial charge in [0.05, 0.1) is 32.7 Å². The number of benzene rings is 4. The number of thiol groups is 1. The molecule has 2 aliphatic rings. The molecule has 12 nitrogen and oxygen atoms in total. The lowest BCUT2D eigenvalue weighted by molar-refractivity contribution is -0.134. The highest BCUT2D eigenvalue weighted by Gasteiger charge is 2.36. The molecule has 1 aliphatic heterocycles. The minimum Gasteiger partial charge on any atom is -0.478 e. The molecule has 0 radical (unpaired) electrons. The van der Waals surface area contributed by atoms with Gasteiger partial charge in [0, 0.05) is 61.6 Å². The Hall–Kier alpha value is -5.83. The number of sulfone groups is 1. The molecule has 0 fully saturated rings. The van der Waals surface area contributed by atoms with Gasteiger partial charge in [-0.15, -0.1) is 0 Å². The van der Waals surface area contributed by atoms with Crippen molar-refractivity contribution in [3.63, 3.8) is 0 Å². The van der Waals surface area contributed by atoms with Gasteiger partial charge >= 0.3 is 5.97 Å². The number of carbonyl (C=O) groups excluding carboxylic acids is 1. The monoisotopic (exact) mass is 821 g/mol. The van der Waals surface area contributed by atoms with Crippen LogP contribution in [0.15, 0.2) is 131 Å². The number of H-pyrrole nitrogens is 1. The van der Waals surface area contributed by atoms with Crippen LogP contribution in [0.1, 0.15) is 40.9 Å². The van der Waals surface area contributed by atoms with Gasteiger partial charge in [-0.1, -0.05) is 66.7 Å². The number of hydrogen-bond acceptors (Lipinski definition) is 8. The molecule has 302 valence electrons. The minimum absolute atomic E-state index is 0.0294. The summed E-state index contributed by atoms with van der Waals surface area (Å²) in [4.78, 5) is 32.7. The maximum atomic E-state index is 12.9. The molecular formula is C44H47N5O7S2. The zero-order valence-corrected chi connectivity index (χ0v) is 34.5. The highest BCUT2D eigenvalue weighted by molar-refractivity contribution is 7.90. The predicted molar refractivity (Wildman–Crippen MR) is 226 cm³/mol. The fourth-order valence-electron chi connectivity index (χ4n) is 7.56. The Morgan fingerprint density at radius 2 is 1.60 bits per heavy atom. The van der Waals surface area contributed by atoms with Gasteiger partial charge in [0.1, 0.15) is 0 Å². The van der Waals surface area contributed by atoms with E-state index in [1.54, 1.807) is 84.7 Å². The molecule has 58 heavy (non-hydrogen) atoms. The number of amides is 1. The van der Waals surface area contributed by atoms with Crippen LogP contribution in [0.5, 0.6) is 0 Å². The van der Waals surface area contributed by atoms with Gasteiger partial charge in [-0.2, -0.15) is 5.10 Å². The number of rotatable bonds is 9. The van der Waals surface area contributed by atoms with Gasteiger partial charge in [-0.25, -0.2) is 21.6 Å². The number of aryl methyl sites for hydroxylation is 1. The van der Waals surface area contributed by atoms with E-state index in [0.29, 0.717) is 16.5 Å². The van der Waals surface area contributed by atoms with Crippen molar-refractivity contribution in [3.8, 4) is 11.3 Å². The number of carboxylic acid groups (broad SMARTS) is 1. The third-order valence-corrected chi connectivity index (χ3v) is 12.9. The molecule has 0 spiro atoms. The largest absolute Gasteiger partial charge is 0.478 e. The van der Waals surface area contributed by atoms with E-state index in [9.17, 15) is 31.5 Å². The van der Waals surface area contributed by atoms with Crippen LogP contribution in [-0.2, 0) is 44.6 Å². The molecule has 14 heteroatoms. The van der Waals surface area contributed by atoms with Crippen molar-refractivity contribution < 1.29 is 31.5 Å². The predicted octanol–water partition coefficient (Wildman–Crippen LogP) is 6.32. The van der Waals surface area contributed by atoms with E-state index in [4.69, 9.17) is 0 Å². The van der Waals surface area contributed by atoms with Crippen molar-refractivity contribution in [2.75, 3.05) is 26.7 Å². The van der Waals surface area contributed by atoms with Gasteiger partial charge in [-0.05, 0) is 92.0 Å². The van der Waals surface area contributed by atoms with E-state index >= 15 is 0 Å². The number of fused-ring (bicyclic) bond motifs is 2. The van der Waals surface area contributed by atoms with Crippen LogP contribution in [0.4, 0.5) is 0 Å². The van der Waals surface area contributed by atoms with Crippen LogP contribution in [0.3, 0.4) is 0 Å². The lowest BCUT2D eigenvalue weighted by Crippen LogP contribution is -2.47. The van der Waals surface area contributed by atoms with Crippen molar-refractivity contribution in [1.29, 1.82) is 0 Å². The number of nitrogens with one attached hydrogen (secondary N) is 1. The second-order valence-electron chi connectivity index (χ2n) is 14.1. The molecule has 1 aliphatic carbocycles. The summed E-state index contributed by atoms with van der Waals surface area (Å²) in [6.45, 7) is 6.47. The minimum atomic E-state index is -3.63. The first-order valence-corrected chi connectivity index (χ1v) is 21.8. The Bertz CT molecular complexity index is 2620. The van der Waals surface area contributed by atoms with Gasteiger partial charge < -0.3 is 15.0 Å². The van der Waals surface area contributed by atoms with Gasteiger partial charge in [0.2, 0.25) is 5.91 Å². The average Bonchev–Trinajstić information content (AvgIpc) is 3.86. The molecule has 2 atom stereocenters. The third kappa shape index (κ3) is 9.14. The summed E-state index contributed by atoms with van der Waals surface area (Å²) in [5.41, 5.74) is 6.85. The topological polar surface area (TPSA) is 163 Å². The SMILES string of the molecule is CCN(CC)C(=O)[C@@H]1C=C2c3cccc4[nH]cc(c34)C[C@H]2N(C)C1.Cn1nccc1-c1ccc(CS(=O)(=O)c2ccccc2)c(C(=O)O)c1.O=[SH](=O)c1ccccc1. The van der Waals surface area contributed by atoms with E-state index in [1.165, 1.54) is 45.8 Å². The first-order chi connectivity index (χ1) is 27.8. The van der Waals surface area contributed by atoms with E-state index in [-0.39, 0.29) is 33.6 Å². The van der Waals surface area contributed by atoms with Crippen LogP contribution in [0.25, 0.3) is 27.7 Å². The summed E-state index contributed by atoms with van der Waals surface area (Å²) >= 11 is 0. The van der Waals surface area contributed by atoms with Crippen LogP contribution < -0.4 is 0 Å². The Kier molecular flexibility index (Phi) is 13.1. The molecule has 2 aromatic heterocycles. The summed E-state index contributed by atoms with van der Waals surface area (Å²) in [5, 5.41) is 14.9. The lowest BCUT2D eigenvalue weighted by Gasteiger charge is -2.40. The number of hydrogen-bond donors (Lipinski definition) is 3. The number of aromatic carboxylic acids is 1. The third-order valence-electron chi connectivity index (χ3n) is 10.5. The molecule has 6 aromatic rings. The van der Waals surface area contributed by atoms with Crippen LogP contribution in [0, 0.1) is 5.92 Å². The Labute approximate surface area is 340 Å². The Morgan fingerprint density at radius 1 is 0.914 bits per heavy atom. The molecule has 0 saturated heterocycles. The highest BCUT2D eigenvalue weighted by Crippen LogP contribution is 2.41. The second kappa shape index (κ2) is 18.2. The first kappa shape index (κ1) is 41.8. The maximum absolute atomic E-state index is 12.9. The van der Waals surface area contributed by atoms with E-state index in [1.807, 2.05) is 4.90 Å². The van der Waals surface area contributed by atoms with Crippen molar-refractivity contribution in [2.45, 2.75) is 41.9 Å². The van der Waals surface area contributed by atoms with Crippen molar-refractivity contribution in [2.24, 2.45) is 13.0 Å². The molecule has 0 unspecified atom stereocenters. The quantitative estimate of drug-likeness (QED) is 0.142. The summed E-state index contributed by atoms with van der Waals surface area (Å²) < 4.78 is 47.2.